The van der Waals surface area contributed by atoms with Crippen molar-refractivity contribution in [2.75, 3.05) is 0 Å². The molecule has 1 aliphatic rings. The van der Waals surface area contributed by atoms with E-state index >= 15 is 0 Å². The van der Waals surface area contributed by atoms with Gasteiger partial charge in [0.15, 0.2) is 0 Å². The molecule has 0 saturated heterocycles. The lowest BCUT2D eigenvalue weighted by Gasteiger charge is -1.90. The molecule has 1 rings (SSSR count). The summed E-state index contributed by atoms with van der Waals surface area (Å²) in [6, 6.07) is 0. The fourth-order valence-electron chi connectivity index (χ4n) is 1.27. The van der Waals surface area contributed by atoms with E-state index in [0.29, 0.717) is 0 Å². The van der Waals surface area contributed by atoms with Gasteiger partial charge >= 0.3 is 0 Å². The zero-order valence-electron chi connectivity index (χ0n) is 7.18. The summed E-state index contributed by atoms with van der Waals surface area (Å²) < 4.78 is 0. The molecule has 0 heterocycles. The van der Waals surface area contributed by atoms with Gasteiger partial charge in [0, 0.05) is 0 Å². The van der Waals surface area contributed by atoms with E-state index < -0.39 is 0 Å². The Morgan fingerprint density at radius 3 is 2.55 bits per heavy atom. The van der Waals surface area contributed by atoms with Crippen LogP contribution in [0, 0.1) is 6.08 Å². The standard InChI is InChI=1S/C11H17/c1-2-4-6-8-10-11-9-7-5-3-1/h1-2,9H,3-8,10H2. The van der Waals surface area contributed by atoms with E-state index in [1.807, 2.05) is 0 Å². The zero-order chi connectivity index (χ0) is 7.78. The van der Waals surface area contributed by atoms with Crippen LogP contribution in [0.3, 0.4) is 0 Å². The Morgan fingerprint density at radius 2 is 1.64 bits per heavy atom. The lowest BCUT2D eigenvalue weighted by molar-refractivity contribution is 0.753. The van der Waals surface area contributed by atoms with E-state index in [1.165, 1.54) is 38.5 Å². The third kappa shape index (κ3) is 4.83. The third-order valence-corrected chi connectivity index (χ3v) is 1.97. The van der Waals surface area contributed by atoms with Crippen LogP contribution in [0.5, 0.6) is 0 Å². The van der Waals surface area contributed by atoms with Crippen molar-refractivity contribution in [3.63, 3.8) is 0 Å². The molecule has 0 N–H and O–H groups in total. The minimum atomic E-state index is 1.16. The summed E-state index contributed by atoms with van der Waals surface area (Å²) in [5.74, 6) is 0. The summed E-state index contributed by atoms with van der Waals surface area (Å²) in [6.07, 6.45) is 19.0. The maximum absolute atomic E-state index is 3.33. The van der Waals surface area contributed by atoms with E-state index in [2.05, 4.69) is 24.3 Å². The van der Waals surface area contributed by atoms with Crippen molar-refractivity contribution < 1.29 is 0 Å². The highest BCUT2D eigenvalue weighted by atomic mass is 13.9. The first-order chi connectivity index (χ1) is 5.50. The molecule has 1 aliphatic carbocycles. The molecular formula is C11H17. The minimum absolute atomic E-state index is 1.16. The van der Waals surface area contributed by atoms with Crippen LogP contribution in [0.2, 0.25) is 0 Å². The normalized spacial score (nSPS) is 21.1. The first-order valence-electron chi connectivity index (χ1n) is 4.70. The van der Waals surface area contributed by atoms with Gasteiger partial charge in [-0.25, -0.2) is 0 Å². The fraction of sp³-hybridized carbons (Fsp3) is 0.636. The maximum atomic E-state index is 3.33. The molecule has 0 bridgehead atoms. The van der Waals surface area contributed by atoms with Crippen LogP contribution >= 0.6 is 0 Å². The Morgan fingerprint density at radius 1 is 0.818 bits per heavy atom. The smallest absolute Gasteiger partial charge is 0.0279 e. The topological polar surface area (TPSA) is 0 Å². The summed E-state index contributed by atoms with van der Waals surface area (Å²) in [4.78, 5) is 0. The summed E-state index contributed by atoms with van der Waals surface area (Å²) >= 11 is 0. The van der Waals surface area contributed by atoms with Gasteiger partial charge in [0.05, 0.1) is 0 Å². The van der Waals surface area contributed by atoms with Gasteiger partial charge in [-0.15, -0.1) is 0 Å². The van der Waals surface area contributed by atoms with Crippen LogP contribution < -0.4 is 0 Å². The molecule has 0 spiro atoms. The predicted molar refractivity (Wildman–Crippen MR) is 49.3 cm³/mol. The Bertz CT molecular complexity index is 115. The van der Waals surface area contributed by atoms with Crippen molar-refractivity contribution in [3.8, 4) is 0 Å². The molecule has 0 saturated carbocycles. The predicted octanol–water partition coefficient (Wildman–Crippen LogP) is 3.65. The van der Waals surface area contributed by atoms with Gasteiger partial charge in [0.1, 0.15) is 0 Å². The second kappa shape index (κ2) is 6.21. The first kappa shape index (κ1) is 8.58. The highest BCUT2D eigenvalue weighted by molar-refractivity contribution is 4.84. The summed E-state index contributed by atoms with van der Waals surface area (Å²) in [6.45, 7) is 0. The van der Waals surface area contributed by atoms with E-state index in [9.17, 15) is 0 Å². The van der Waals surface area contributed by atoms with Gasteiger partial charge in [-0.3, -0.25) is 0 Å². The van der Waals surface area contributed by atoms with Crippen molar-refractivity contribution in [3.05, 3.63) is 24.3 Å². The number of hydrogen-bond donors (Lipinski definition) is 0. The monoisotopic (exact) mass is 149 g/mol. The van der Waals surface area contributed by atoms with Gasteiger partial charge in [0.2, 0.25) is 0 Å². The Labute approximate surface area is 70.0 Å². The number of allylic oxidation sites excluding steroid dienone is 4. The minimum Gasteiger partial charge on any atom is -0.0885 e. The Hall–Kier alpha value is -0.520. The van der Waals surface area contributed by atoms with Gasteiger partial charge in [-0.2, -0.15) is 0 Å². The molecule has 0 heteroatoms. The van der Waals surface area contributed by atoms with Crippen molar-refractivity contribution in [2.24, 2.45) is 0 Å². The van der Waals surface area contributed by atoms with Crippen LogP contribution in [0.25, 0.3) is 0 Å². The highest BCUT2D eigenvalue weighted by Crippen LogP contribution is 2.06. The van der Waals surface area contributed by atoms with Gasteiger partial charge in [0.25, 0.3) is 0 Å². The SMILES string of the molecule is [C]1=CCCCC=CCCCC1. The first-order valence-corrected chi connectivity index (χ1v) is 4.70. The molecule has 0 aromatic carbocycles. The average Bonchev–Trinajstić information content (AvgIpc) is 2.08. The molecule has 0 aromatic rings. The van der Waals surface area contributed by atoms with E-state index in [0.717, 1.165) is 6.42 Å². The summed E-state index contributed by atoms with van der Waals surface area (Å²) in [5, 5.41) is 0. The van der Waals surface area contributed by atoms with Crippen LogP contribution in [0.15, 0.2) is 18.2 Å². The molecule has 0 fully saturated rings. The number of rotatable bonds is 0. The largest absolute Gasteiger partial charge is 0.0885 e. The molecule has 1 radical (unpaired) electrons. The maximum Gasteiger partial charge on any atom is -0.0279 e. The van der Waals surface area contributed by atoms with Crippen LogP contribution in [0.4, 0.5) is 0 Å². The van der Waals surface area contributed by atoms with E-state index in [-0.39, 0.29) is 0 Å². The average molecular weight is 149 g/mol. The fourth-order valence-corrected chi connectivity index (χ4v) is 1.27. The van der Waals surface area contributed by atoms with Crippen molar-refractivity contribution >= 4 is 0 Å². The second-order valence-electron chi connectivity index (χ2n) is 3.06. The molecule has 0 amide bonds. The number of hydrogen-bond acceptors (Lipinski definition) is 0. The lowest BCUT2D eigenvalue weighted by Crippen LogP contribution is -1.71. The van der Waals surface area contributed by atoms with Gasteiger partial charge in [-0.05, 0) is 51.0 Å². The third-order valence-electron chi connectivity index (χ3n) is 1.97. The molecule has 0 aliphatic heterocycles. The molecule has 0 nitrogen and oxygen atoms in total. The van der Waals surface area contributed by atoms with E-state index in [4.69, 9.17) is 0 Å². The van der Waals surface area contributed by atoms with Crippen LogP contribution in [-0.2, 0) is 0 Å². The van der Waals surface area contributed by atoms with Crippen molar-refractivity contribution in [1.82, 2.24) is 0 Å². The molecule has 11 heavy (non-hydrogen) atoms. The Kier molecular flexibility index (Phi) is 4.84. The quantitative estimate of drug-likeness (QED) is 0.461. The summed E-state index contributed by atoms with van der Waals surface area (Å²) in [7, 11) is 0. The molecule has 0 unspecified atom stereocenters. The Balaban J connectivity index is 2.22. The van der Waals surface area contributed by atoms with Crippen molar-refractivity contribution in [1.29, 1.82) is 0 Å². The molecule has 0 atom stereocenters. The summed E-state index contributed by atoms with van der Waals surface area (Å²) in [5.41, 5.74) is 0. The van der Waals surface area contributed by atoms with Crippen molar-refractivity contribution in [2.45, 2.75) is 44.9 Å². The van der Waals surface area contributed by atoms with Gasteiger partial charge in [-0.1, -0.05) is 18.2 Å². The lowest BCUT2D eigenvalue weighted by atomic mass is 10.2. The van der Waals surface area contributed by atoms with E-state index in [1.54, 1.807) is 0 Å². The molecular weight excluding hydrogens is 132 g/mol. The van der Waals surface area contributed by atoms with Crippen LogP contribution in [0.1, 0.15) is 44.9 Å². The second-order valence-corrected chi connectivity index (χ2v) is 3.06. The van der Waals surface area contributed by atoms with Crippen LogP contribution in [-0.4, -0.2) is 0 Å². The highest BCUT2D eigenvalue weighted by Gasteiger charge is 1.87. The molecule has 0 aromatic heterocycles. The van der Waals surface area contributed by atoms with Gasteiger partial charge < -0.3 is 0 Å². The molecule has 61 valence electrons. The zero-order valence-corrected chi connectivity index (χ0v) is 7.18.